The number of allylic oxidation sites excluding steroid dienone is 16. The van der Waals surface area contributed by atoms with Crippen molar-refractivity contribution in [3.8, 4) is 0 Å². The van der Waals surface area contributed by atoms with Crippen molar-refractivity contribution in [2.75, 3.05) is 47.5 Å². The molecule has 0 radical (unpaired) electrons. The van der Waals surface area contributed by atoms with E-state index in [9.17, 15) is 19.5 Å². The smallest absolute Gasteiger partial charge is 0.306 e. The topological polar surface area (TPSA) is 111 Å². The first kappa shape index (κ1) is 79.2. The van der Waals surface area contributed by atoms with Crippen LogP contribution in [0.5, 0.6) is 0 Å². The van der Waals surface area contributed by atoms with Crippen molar-refractivity contribution in [3.63, 3.8) is 0 Å². The minimum Gasteiger partial charge on any atom is -0.545 e. The minimum atomic E-state index is -1.63. The van der Waals surface area contributed by atoms with Gasteiger partial charge in [-0.15, -0.1) is 0 Å². The van der Waals surface area contributed by atoms with Gasteiger partial charge in [-0.2, -0.15) is 0 Å². The quantitative estimate of drug-likeness (QED) is 0.0195. The molecule has 9 heteroatoms. The van der Waals surface area contributed by atoms with Gasteiger partial charge in [0.25, 0.3) is 0 Å². The highest BCUT2D eigenvalue weighted by atomic mass is 16.7. The second kappa shape index (κ2) is 64.2. The third-order valence-electron chi connectivity index (χ3n) is 14.8. The molecule has 0 bridgehead atoms. The van der Waals surface area contributed by atoms with Crippen molar-refractivity contribution in [2.24, 2.45) is 0 Å². The van der Waals surface area contributed by atoms with E-state index >= 15 is 0 Å². The third kappa shape index (κ3) is 65.6. The number of likely N-dealkylation sites (N-methyl/N-ethyl adjacent to an activating group) is 1. The summed E-state index contributed by atoms with van der Waals surface area (Å²) in [6.45, 7) is 4.66. The minimum absolute atomic E-state index is 0.143. The molecule has 478 valence electrons. The van der Waals surface area contributed by atoms with Gasteiger partial charge in [0.05, 0.1) is 40.3 Å². The van der Waals surface area contributed by atoms with Gasteiger partial charge >= 0.3 is 11.9 Å². The molecule has 0 saturated carbocycles. The summed E-state index contributed by atoms with van der Waals surface area (Å²) in [4.78, 5) is 37.5. The first-order chi connectivity index (χ1) is 40.6. The van der Waals surface area contributed by atoms with E-state index in [-0.39, 0.29) is 32.2 Å². The number of carbonyl (C=O) groups excluding carboxylic acids is 3. The Bertz CT molecular complexity index is 1680. The summed E-state index contributed by atoms with van der Waals surface area (Å²) in [5.41, 5.74) is 0. The fourth-order valence-electron chi connectivity index (χ4n) is 9.61. The summed E-state index contributed by atoms with van der Waals surface area (Å²) in [6.07, 6.45) is 84.8. The van der Waals surface area contributed by atoms with Crippen LogP contribution in [0.3, 0.4) is 0 Å². The Hall–Kier alpha value is -3.79. The second-order valence-corrected chi connectivity index (χ2v) is 24.1. The molecule has 83 heavy (non-hydrogen) atoms. The average Bonchev–Trinajstić information content (AvgIpc) is 3.46. The van der Waals surface area contributed by atoms with Crippen molar-refractivity contribution in [2.45, 2.75) is 309 Å². The highest BCUT2D eigenvalue weighted by Crippen LogP contribution is 2.18. The number of ether oxygens (including phenoxy) is 4. The summed E-state index contributed by atoms with van der Waals surface area (Å²) in [7, 11) is 5.93. The van der Waals surface area contributed by atoms with Crippen molar-refractivity contribution < 1.29 is 42.9 Å². The number of hydrogen-bond acceptors (Lipinski definition) is 8. The van der Waals surface area contributed by atoms with Crippen LogP contribution in [0.2, 0.25) is 0 Å². The van der Waals surface area contributed by atoms with E-state index in [1.165, 1.54) is 167 Å². The summed E-state index contributed by atoms with van der Waals surface area (Å²) in [6, 6.07) is 0. The number of quaternary nitrogens is 1. The number of nitrogens with zero attached hydrogens (tertiary/aromatic N) is 1. The molecule has 0 heterocycles. The number of carboxylic acids is 1. The molecule has 0 fully saturated rings. The van der Waals surface area contributed by atoms with E-state index in [0.717, 1.165) is 96.3 Å². The zero-order chi connectivity index (χ0) is 60.5. The van der Waals surface area contributed by atoms with Gasteiger partial charge in [-0.1, -0.05) is 304 Å². The molecule has 0 rings (SSSR count). The van der Waals surface area contributed by atoms with Gasteiger partial charge in [-0.3, -0.25) is 9.59 Å². The number of aliphatic carboxylic acids is 1. The van der Waals surface area contributed by atoms with Crippen molar-refractivity contribution in [1.82, 2.24) is 0 Å². The molecule has 9 nitrogen and oxygen atoms in total. The fraction of sp³-hybridized carbons (Fsp3) is 0.743. The van der Waals surface area contributed by atoms with Crippen molar-refractivity contribution >= 4 is 17.9 Å². The SMILES string of the molecule is CC/C=C\C/C=C\C/C=C\C/C=C\C/C=C\C/C=C\C/C=C\C/C=C\CCCCCCCCCCC(=O)OC(COC(=O)CCCCCCCCCCCCCCCCCCCCCCCCCCC)COC(OCC[N+](C)(C)C)C(=O)[O-]. The molecule has 0 aliphatic carbocycles. The average molecular weight is 1160 g/mol. The normalized spacial score (nSPS) is 13.3. The molecule has 0 aliphatic rings. The van der Waals surface area contributed by atoms with Crippen LogP contribution in [0.25, 0.3) is 0 Å². The molecular weight excluding hydrogens is 1030 g/mol. The lowest BCUT2D eigenvalue weighted by Gasteiger charge is -2.26. The molecule has 2 atom stereocenters. The van der Waals surface area contributed by atoms with Crippen LogP contribution in [0, 0.1) is 0 Å². The van der Waals surface area contributed by atoms with Crippen LogP contribution >= 0.6 is 0 Å². The van der Waals surface area contributed by atoms with Gasteiger partial charge in [0, 0.05) is 12.8 Å². The Morgan fingerprint density at radius 2 is 0.687 bits per heavy atom. The lowest BCUT2D eigenvalue weighted by Crippen LogP contribution is -2.44. The Balaban J connectivity index is 4.17. The Morgan fingerprint density at radius 3 is 1.02 bits per heavy atom. The number of unbranched alkanes of at least 4 members (excludes halogenated alkanes) is 32. The third-order valence-corrected chi connectivity index (χ3v) is 14.8. The molecular formula is C74H129NO8. The maximum absolute atomic E-state index is 12.9. The summed E-state index contributed by atoms with van der Waals surface area (Å²) in [5, 5.41) is 11.8. The number of rotatable bonds is 63. The monoisotopic (exact) mass is 1160 g/mol. The van der Waals surface area contributed by atoms with Crippen molar-refractivity contribution in [3.05, 3.63) is 97.2 Å². The van der Waals surface area contributed by atoms with Crippen LogP contribution in [0.15, 0.2) is 97.2 Å². The van der Waals surface area contributed by atoms with Gasteiger partial charge in [0.2, 0.25) is 0 Å². The number of hydrogen-bond donors (Lipinski definition) is 0. The van der Waals surface area contributed by atoms with Crippen LogP contribution in [0.4, 0.5) is 0 Å². The Morgan fingerprint density at radius 1 is 0.373 bits per heavy atom. The van der Waals surface area contributed by atoms with Crippen LogP contribution in [0.1, 0.15) is 296 Å². The summed E-state index contributed by atoms with van der Waals surface area (Å²) in [5.74, 6) is -2.29. The van der Waals surface area contributed by atoms with Gasteiger partial charge in [0.1, 0.15) is 13.2 Å². The molecule has 0 aromatic rings. The van der Waals surface area contributed by atoms with E-state index in [1.54, 1.807) is 0 Å². The molecule has 0 N–H and O–H groups in total. The lowest BCUT2D eigenvalue weighted by atomic mass is 10.0. The summed E-state index contributed by atoms with van der Waals surface area (Å²) >= 11 is 0. The molecule has 2 unspecified atom stereocenters. The number of carboxylic acid groups (broad SMARTS) is 1. The highest BCUT2D eigenvalue weighted by molar-refractivity contribution is 5.70. The first-order valence-electron chi connectivity index (χ1n) is 34.4. The predicted octanol–water partition coefficient (Wildman–Crippen LogP) is 19.9. The fourth-order valence-corrected chi connectivity index (χ4v) is 9.61. The molecule has 0 amide bonds. The van der Waals surface area contributed by atoms with Gasteiger partial charge in [0.15, 0.2) is 12.4 Å². The largest absolute Gasteiger partial charge is 0.545 e. The van der Waals surface area contributed by atoms with Crippen LogP contribution < -0.4 is 5.11 Å². The van der Waals surface area contributed by atoms with Crippen LogP contribution in [-0.4, -0.2) is 82.3 Å². The predicted molar refractivity (Wildman–Crippen MR) is 352 cm³/mol. The molecule has 0 aromatic heterocycles. The number of esters is 2. The lowest BCUT2D eigenvalue weighted by molar-refractivity contribution is -0.870. The molecule has 0 spiro atoms. The highest BCUT2D eigenvalue weighted by Gasteiger charge is 2.22. The maximum atomic E-state index is 12.9. The molecule has 0 saturated heterocycles. The molecule has 0 aromatic carbocycles. The van der Waals surface area contributed by atoms with Gasteiger partial charge in [-0.25, -0.2) is 0 Å². The van der Waals surface area contributed by atoms with Gasteiger partial charge < -0.3 is 33.3 Å². The van der Waals surface area contributed by atoms with Crippen LogP contribution in [-0.2, 0) is 33.3 Å². The van der Waals surface area contributed by atoms with E-state index < -0.39 is 24.3 Å². The van der Waals surface area contributed by atoms with E-state index in [0.29, 0.717) is 23.9 Å². The summed E-state index contributed by atoms with van der Waals surface area (Å²) < 4.78 is 22.8. The zero-order valence-electron chi connectivity index (χ0n) is 54.5. The van der Waals surface area contributed by atoms with E-state index in [2.05, 4.69) is 111 Å². The Labute approximate surface area is 512 Å². The Kier molecular flexibility index (Phi) is 61.3. The van der Waals surface area contributed by atoms with E-state index in [1.807, 2.05) is 21.1 Å². The second-order valence-electron chi connectivity index (χ2n) is 24.1. The maximum Gasteiger partial charge on any atom is 0.306 e. The van der Waals surface area contributed by atoms with Gasteiger partial charge in [-0.05, 0) is 77.0 Å². The molecule has 0 aliphatic heterocycles. The standard InChI is InChI=1S/C74H129NO8/c1-6-8-10-12-14-16-18-20-22-24-26-28-30-32-33-34-35-36-37-38-39-41-43-45-47-49-51-53-55-57-59-61-63-65-72(77)83-70(69-82-74(73(78)79)80-67-66-75(3,4)5)68-81-71(76)64-62-60-58-56-54-52-50-48-46-44-42-40-31-29-27-25-23-21-19-17-15-13-11-9-7-2/h8,10,14,16,20,22,26,28,32-33,35-36,38-39,43,45,70,74H,6-7,9,11-13,15,17-19,21,23-25,27,29-31,34,37,40-42,44,46-69H2,1-5H3/b10-8-,16-14-,22-20-,28-26-,33-32-,36-35-,39-38-,45-43-. The zero-order valence-corrected chi connectivity index (χ0v) is 54.5. The van der Waals surface area contributed by atoms with E-state index in [4.69, 9.17) is 18.9 Å². The van der Waals surface area contributed by atoms with Crippen molar-refractivity contribution in [1.29, 1.82) is 0 Å². The number of carbonyl (C=O) groups is 3. The first-order valence-corrected chi connectivity index (χ1v) is 34.4.